The highest BCUT2D eigenvalue weighted by molar-refractivity contribution is 9.10. The van der Waals surface area contributed by atoms with E-state index in [4.69, 9.17) is 10.8 Å². The number of carbonyl (C=O) groups is 1. The van der Waals surface area contributed by atoms with Gasteiger partial charge in [0.2, 0.25) is 0 Å². The van der Waals surface area contributed by atoms with Crippen LogP contribution in [0.15, 0.2) is 10.7 Å². The lowest BCUT2D eigenvalue weighted by Crippen LogP contribution is -2.06. The quantitative estimate of drug-likeness (QED) is 0.804. The number of nitrogens with zero attached hydrogens (tertiary/aromatic N) is 1. The zero-order valence-corrected chi connectivity index (χ0v) is 8.25. The molecule has 0 unspecified atom stereocenters. The molecule has 14 heavy (non-hydrogen) atoms. The van der Waals surface area contributed by atoms with Gasteiger partial charge >= 0.3 is 5.97 Å². The molecule has 0 amide bonds. The SMILES string of the molecule is Nc1cc(C(=O)O)nc(Br)c1C(F)F. The molecule has 0 atom stereocenters. The minimum atomic E-state index is -2.79. The summed E-state index contributed by atoms with van der Waals surface area (Å²) in [6, 6.07) is 0.897. The van der Waals surface area contributed by atoms with Crippen molar-refractivity contribution in [3.63, 3.8) is 0 Å². The van der Waals surface area contributed by atoms with E-state index in [2.05, 4.69) is 20.9 Å². The minimum absolute atomic E-state index is 0.245. The normalized spacial score (nSPS) is 10.6. The fourth-order valence-electron chi connectivity index (χ4n) is 0.868. The molecule has 0 aliphatic rings. The molecule has 76 valence electrons. The van der Waals surface area contributed by atoms with Crippen molar-refractivity contribution >= 4 is 27.6 Å². The smallest absolute Gasteiger partial charge is 0.354 e. The van der Waals surface area contributed by atoms with Gasteiger partial charge < -0.3 is 10.8 Å². The fourth-order valence-corrected chi connectivity index (χ4v) is 1.46. The largest absolute Gasteiger partial charge is 0.477 e. The van der Waals surface area contributed by atoms with E-state index in [1.165, 1.54) is 0 Å². The van der Waals surface area contributed by atoms with Crippen LogP contribution in [0.4, 0.5) is 14.5 Å². The van der Waals surface area contributed by atoms with E-state index in [1.807, 2.05) is 0 Å². The Hall–Kier alpha value is -1.24. The van der Waals surface area contributed by atoms with Crippen molar-refractivity contribution in [2.24, 2.45) is 0 Å². The second-order valence-electron chi connectivity index (χ2n) is 2.41. The molecule has 0 aliphatic carbocycles. The Morgan fingerprint density at radius 3 is 2.57 bits per heavy atom. The highest BCUT2D eigenvalue weighted by Crippen LogP contribution is 2.31. The molecule has 1 aromatic heterocycles. The summed E-state index contributed by atoms with van der Waals surface area (Å²) >= 11 is 2.73. The lowest BCUT2D eigenvalue weighted by molar-refractivity contribution is 0.0689. The molecule has 0 aliphatic heterocycles. The Morgan fingerprint density at radius 2 is 2.21 bits per heavy atom. The number of hydrogen-bond donors (Lipinski definition) is 2. The van der Waals surface area contributed by atoms with Gasteiger partial charge in [-0.1, -0.05) is 0 Å². The first-order chi connectivity index (χ1) is 6.43. The van der Waals surface area contributed by atoms with Gasteiger partial charge in [-0.2, -0.15) is 0 Å². The molecular formula is C7H5BrF2N2O2. The molecule has 1 rings (SSSR count). The fraction of sp³-hybridized carbons (Fsp3) is 0.143. The number of carboxylic acid groups (broad SMARTS) is 1. The number of halogens is 3. The van der Waals surface area contributed by atoms with Crippen molar-refractivity contribution in [3.05, 3.63) is 21.9 Å². The van der Waals surface area contributed by atoms with Crippen LogP contribution in [0.2, 0.25) is 0 Å². The van der Waals surface area contributed by atoms with E-state index >= 15 is 0 Å². The van der Waals surface area contributed by atoms with Crippen molar-refractivity contribution in [3.8, 4) is 0 Å². The van der Waals surface area contributed by atoms with Gasteiger partial charge in [0.15, 0.2) is 5.69 Å². The lowest BCUT2D eigenvalue weighted by Gasteiger charge is -2.07. The van der Waals surface area contributed by atoms with Gasteiger partial charge in [-0.15, -0.1) is 0 Å². The second kappa shape index (κ2) is 3.87. The summed E-state index contributed by atoms with van der Waals surface area (Å²) in [5, 5.41) is 8.54. The van der Waals surface area contributed by atoms with E-state index in [0.717, 1.165) is 6.07 Å². The first-order valence-corrected chi connectivity index (χ1v) is 4.20. The van der Waals surface area contributed by atoms with Crippen molar-refractivity contribution in [1.29, 1.82) is 0 Å². The predicted molar refractivity (Wildman–Crippen MR) is 48.3 cm³/mol. The summed E-state index contributed by atoms with van der Waals surface area (Å²) in [7, 11) is 0. The number of nitrogens with two attached hydrogens (primary N) is 1. The average Bonchev–Trinajstić information content (AvgIpc) is 2.01. The van der Waals surface area contributed by atoms with Gasteiger partial charge in [0.25, 0.3) is 6.43 Å². The monoisotopic (exact) mass is 266 g/mol. The molecule has 4 nitrogen and oxygen atoms in total. The molecule has 0 bridgehead atoms. The van der Waals surface area contributed by atoms with E-state index in [0.29, 0.717) is 0 Å². The summed E-state index contributed by atoms with van der Waals surface area (Å²) in [4.78, 5) is 13.9. The average molecular weight is 267 g/mol. The van der Waals surface area contributed by atoms with E-state index in [1.54, 1.807) is 0 Å². The molecule has 7 heteroatoms. The van der Waals surface area contributed by atoms with Crippen molar-refractivity contribution in [1.82, 2.24) is 4.98 Å². The maximum atomic E-state index is 12.3. The number of rotatable bonds is 2. The maximum absolute atomic E-state index is 12.3. The molecular weight excluding hydrogens is 262 g/mol. The summed E-state index contributed by atoms with van der Waals surface area (Å²) in [6.07, 6.45) is -2.79. The molecule has 0 radical (unpaired) electrons. The summed E-state index contributed by atoms with van der Waals surface area (Å²) < 4.78 is 24.4. The summed E-state index contributed by atoms with van der Waals surface area (Å²) in [5.74, 6) is -1.32. The number of aromatic carboxylic acids is 1. The number of aromatic nitrogens is 1. The highest BCUT2D eigenvalue weighted by Gasteiger charge is 2.19. The maximum Gasteiger partial charge on any atom is 0.354 e. The molecule has 0 aromatic carbocycles. The molecule has 1 heterocycles. The van der Waals surface area contributed by atoms with Gasteiger partial charge in [0, 0.05) is 5.69 Å². The molecule has 0 spiro atoms. The number of carboxylic acids is 1. The van der Waals surface area contributed by atoms with Crippen molar-refractivity contribution < 1.29 is 18.7 Å². The zero-order valence-electron chi connectivity index (χ0n) is 6.67. The van der Waals surface area contributed by atoms with E-state index in [-0.39, 0.29) is 16.0 Å². The number of anilines is 1. The van der Waals surface area contributed by atoms with Crippen LogP contribution in [0.1, 0.15) is 22.5 Å². The Balaban J connectivity index is 3.32. The molecule has 0 saturated carbocycles. The molecule has 0 saturated heterocycles. The van der Waals surface area contributed by atoms with Crippen LogP contribution < -0.4 is 5.73 Å². The molecule has 0 fully saturated rings. The second-order valence-corrected chi connectivity index (χ2v) is 3.16. The third-order valence-corrected chi connectivity index (χ3v) is 2.09. The van der Waals surface area contributed by atoms with Crippen molar-refractivity contribution in [2.75, 3.05) is 5.73 Å². The Labute approximate surface area is 85.9 Å². The predicted octanol–water partition coefficient (Wildman–Crippen LogP) is 2.06. The van der Waals surface area contributed by atoms with Crippen LogP contribution in [0.5, 0.6) is 0 Å². The van der Waals surface area contributed by atoms with Gasteiger partial charge in [0.1, 0.15) is 4.60 Å². The third kappa shape index (κ3) is 1.98. The van der Waals surface area contributed by atoms with Crippen molar-refractivity contribution in [2.45, 2.75) is 6.43 Å². The van der Waals surface area contributed by atoms with Crippen LogP contribution in [0.3, 0.4) is 0 Å². The number of nitrogen functional groups attached to an aromatic ring is 1. The highest BCUT2D eigenvalue weighted by atomic mass is 79.9. The zero-order chi connectivity index (χ0) is 10.9. The van der Waals surface area contributed by atoms with Crippen LogP contribution in [0, 0.1) is 0 Å². The number of hydrogen-bond acceptors (Lipinski definition) is 3. The van der Waals surface area contributed by atoms with Crippen LogP contribution >= 0.6 is 15.9 Å². The molecule has 3 N–H and O–H groups in total. The third-order valence-electron chi connectivity index (χ3n) is 1.48. The topological polar surface area (TPSA) is 76.2 Å². The lowest BCUT2D eigenvalue weighted by atomic mass is 10.2. The Kier molecular flexibility index (Phi) is 3.00. The van der Waals surface area contributed by atoms with Gasteiger partial charge in [-0.25, -0.2) is 18.6 Å². The molecule has 1 aromatic rings. The Morgan fingerprint density at radius 1 is 1.64 bits per heavy atom. The van der Waals surface area contributed by atoms with Crippen LogP contribution in [-0.2, 0) is 0 Å². The minimum Gasteiger partial charge on any atom is -0.477 e. The van der Waals surface area contributed by atoms with E-state index in [9.17, 15) is 13.6 Å². The van der Waals surface area contributed by atoms with Gasteiger partial charge in [-0.05, 0) is 22.0 Å². The Bertz CT molecular complexity index is 361. The number of alkyl halides is 2. The van der Waals surface area contributed by atoms with Crippen LogP contribution in [-0.4, -0.2) is 16.1 Å². The van der Waals surface area contributed by atoms with Crippen LogP contribution in [0.25, 0.3) is 0 Å². The summed E-state index contributed by atoms with van der Waals surface area (Å²) in [5.41, 5.74) is 4.09. The van der Waals surface area contributed by atoms with Gasteiger partial charge in [0.05, 0.1) is 5.56 Å². The standard InChI is InChI=1S/C7H5BrF2N2O2/c8-5-4(6(9)10)2(11)1-3(12-5)7(13)14/h1,6H,(H2,11,12)(H,13,14). The van der Waals surface area contributed by atoms with Gasteiger partial charge in [-0.3, -0.25) is 0 Å². The first-order valence-electron chi connectivity index (χ1n) is 3.41. The summed E-state index contributed by atoms with van der Waals surface area (Å²) in [6.45, 7) is 0. The van der Waals surface area contributed by atoms with E-state index < -0.39 is 18.0 Å². The first kappa shape index (κ1) is 10.8. The number of pyridine rings is 1.